The van der Waals surface area contributed by atoms with Crippen LogP contribution in [0.5, 0.6) is 11.5 Å². The maximum atomic E-state index is 12.4. The number of anilines is 1. The molecule has 0 saturated carbocycles. The van der Waals surface area contributed by atoms with Gasteiger partial charge in [-0.3, -0.25) is 13.6 Å². The minimum atomic E-state index is -4.94. The van der Waals surface area contributed by atoms with Crippen LogP contribution in [0.25, 0.3) is 11.2 Å². The van der Waals surface area contributed by atoms with Crippen LogP contribution in [-0.2, 0) is 24.9 Å². The molecule has 0 spiro atoms. The summed E-state index contributed by atoms with van der Waals surface area (Å²) >= 11 is 1.24. The van der Waals surface area contributed by atoms with Gasteiger partial charge in [0.05, 0.1) is 12.9 Å². The lowest BCUT2D eigenvalue weighted by Gasteiger charge is -2.20. The average Bonchev–Trinajstić information content (AvgIpc) is 3.26. The molecule has 0 radical (unpaired) electrons. The van der Waals surface area contributed by atoms with Crippen molar-refractivity contribution in [2.45, 2.75) is 28.8 Å². The number of imidazole rings is 1. The Morgan fingerprint density at radius 1 is 1.03 bits per heavy atom. The molecule has 1 aliphatic heterocycles. The van der Waals surface area contributed by atoms with Gasteiger partial charge in [0.1, 0.15) is 30.1 Å². The third-order valence-corrected chi connectivity index (χ3v) is 7.26. The maximum Gasteiger partial charge on any atom is 0.412 e. The largest absolute Gasteiger partial charge is 0.486 e. The van der Waals surface area contributed by atoms with Gasteiger partial charge >= 0.3 is 19.9 Å². The summed E-state index contributed by atoms with van der Waals surface area (Å²) in [6.07, 6.45) is -9.66. The highest BCUT2D eigenvalue weighted by Crippen LogP contribution is 2.50. The summed E-state index contributed by atoms with van der Waals surface area (Å²) < 4.78 is 113. The number of nitrogens with two attached hydrogens (primary N) is 1. The Morgan fingerprint density at radius 3 is 2.36 bits per heavy atom. The molecule has 0 fully saturated rings. The van der Waals surface area contributed by atoms with E-state index >= 15 is 0 Å². The van der Waals surface area contributed by atoms with Gasteiger partial charge in [-0.25, -0.2) is 9.97 Å². The van der Waals surface area contributed by atoms with Gasteiger partial charge in [0.25, 0.3) is 0 Å². The lowest BCUT2D eigenvalue weighted by Crippen LogP contribution is -2.21. The van der Waals surface area contributed by atoms with Gasteiger partial charge in [0.15, 0.2) is 30.4 Å². The standard InChI is InChI=1S/C20H20F6N5O6PS/c21-19(22,23)8-36-38(32,37-9-20(24,25)26)11-33-4-3-31-10-28-15-16(31)29-18(27)30-17(15)39-12-1-2-13-14(7-12)35-6-5-34-13/h1-2,7,10H,3-6,8-9,11H2,(H2,27,29,30). The number of halogens is 6. The fraction of sp³-hybridized carbons (Fsp3) is 0.450. The number of hydrogen-bond donors (Lipinski definition) is 1. The molecule has 1 aromatic carbocycles. The first-order valence-corrected chi connectivity index (χ1v) is 13.5. The fourth-order valence-electron chi connectivity index (χ4n) is 3.16. The molecule has 39 heavy (non-hydrogen) atoms. The van der Waals surface area contributed by atoms with Crippen LogP contribution >= 0.6 is 19.4 Å². The van der Waals surface area contributed by atoms with Crippen molar-refractivity contribution in [3.8, 4) is 11.5 Å². The van der Waals surface area contributed by atoms with Crippen molar-refractivity contribution in [3.05, 3.63) is 24.5 Å². The highest BCUT2D eigenvalue weighted by Gasteiger charge is 2.38. The first kappa shape index (κ1) is 29.2. The molecule has 2 aromatic heterocycles. The highest BCUT2D eigenvalue weighted by molar-refractivity contribution is 7.99. The molecule has 2 N–H and O–H groups in total. The summed E-state index contributed by atoms with van der Waals surface area (Å²) in [5.41, 5.74) is 6.52. The summed E-state index contributed by atoms with van der Waals surface area (Å²) in [5.74, 6) is 1.11. The summed E-state index contributed by atoms with van der Waals surface area (Å²) in [6, 6.07) is 5.32. The van der Waals surface area contributed by atoms with Gasteiger partial charge < -0.3 is 24.5 Å². The first-order chi connectivity index (χ1) is 18.3. The molecular formula is C20H20F6N5O6PS. The second-order valence-electron chi connectivity index (χ2n) is 7.83. The molecule has 0 amide bonds. The van der Waals surface area contributed by atoms with Crippen LogP contribution in [0.3, 0.4) is 0 Å². The van der Waals surface area contributed by atoms with Gasteiger partial charge in [-0.05, 0) is 18.2 Å². The van der Waals surface area contributed by atoms with E-state index in [4.69, 9.17) is 19.9 Å². The van der Waals surface area contributed by atoms with Crippen molar-refractivity contribution in [3.63, 3.8) is 0 Å². The minimum absolute atomic E-state index is 0.0281. The normalized spacial score (nSPS) is 14.2. The van der Waals surface area contributed by atoms with Crippen molar-refractivity contribution in [2.24, 2.45) is 0 Å². The Morgan fingerprint density at radius 2 is 1.69 bits per heavy atom. The van der Waals surface area contributed by atoms with Gasteiger partial charge in [-0.1, -0.05) is 11.8 Å². The van der Waals surface area contributed by atoms with Gasteiger partial charge in [0.2, 0.25) is 5.95 Å². The lowest BCUT2D eigenvalue weighted by molar-refractivity contribution is -0.166. The van der Waals surface area contributed by atoms with Crippen LogP contribution in [0.2, 0.25) is 0 Å². The predicted octanol–water partition coefficient (Wildman–Crippen LogP) is 4.66. The first-order valence-electron chi connectivity index (χ1n) is 11.0. The van der Waals surface area contributed by atoms with E-state index in [1.54, 1.807) is 18.2 Å². The Balaban J connectivity index is 1.41. The molecule has 3 aromatic rings. The number of ether oxygens (including phenoxy) is 3. The summed E-state index contributed by atoms with van der Waals surface area (Å²) in [4.78, 5) is 13.4. The Kier molecular flexibility index (Phi) is 8.80. The number of alkyl halides is 6. The molecule has 19 heteroatoms. The minimum Gasteiger partial charge on any atom is -0.486 e. The Hall–Kier alpha value is -2.79. The van der Waals surface area contributed by atoms with Crippen molar-refractivity contribution in [1.82, 2.24) is 19.5 Å². The second-order valence-corrected chi connectivity index (χ2v) is 10.9. The van der Waals surface area contributed by atoms with Crippen molar-refractivity contribution in [1.29, 1.82) is 0 Å². The monoisotopic (exact) mass is 603 g/mol. The quantitative estimate of drug-likeness (QED) is 0.142. The molecule has 11 nitrogen and oxygen atoms in total. The van der Waals surface area contributed by atoms with E-state index in [0.29, 0.717) is 35.3 Å². The zero-order chi connectivity index (χ0) is 28.3. The summed E-state index contributed by atoms with van der Waals surface area (Å²) in [6.45, 7) is -3.62. The van der Waals surface area contributed by atoms with Gasteiger partial charge in [-0.15, -0.1) is 0 Å². The number of benzene rings is 1. The van der Waals surface area contributed by atoms with E-state index in [0.717, 1.165) is 4.90 Å². The molecule has 3 heterocycles. The van der Waals surface area contributed by atoms with Crippen molar-refractivity contribution < 1.29 is 54.2 Å². The molecule has 0 aliphatic carbocycles. The number of nitrogens with zero attached hydrogens (tertiary/aromatic N) is 4. The lowest BCUT2D eigenvalue weighted by atomic mass is 10.3. The fourth-order valence-corrected chi connectivity index (χ4v) is 5.33. The smallest absolute Gasteiger partial charge is 0.412 e. The molecular weight excluding hydrogens is 583 g/mol. The highest BCUT2D eigenvalue weighted by atomic mass is 32.2. The van der Waals surface area contributed by atoms with E-state index in [1.807, 2.05) is 0 Å². The topological polar surface area (TPSA) is 133 Å². The zero-order valence-corrected chi connectivity index (χ0v) is 21.4. The van der Waals surface area contributed by atoms with E-state index in [1.165, 1.54) is 22.7 Å². The van der Waals surface area contributed by atoms with Crippen LogP contribution < -0.4 is 15.2 Å². The van der Waals surface area contributed by atoms with E-state index in [2.05, 4.69) is 24.0 Å². The van der Waals surface area contributed by atoms with Gasteiger partial charge in [0, 0.05) is 11.4 Å². The number of rotatable bonds is 11. The zero-order valence-electron chi connectivity index (χ0n) is 19.7. The molecule has 0 atom stereocenters. The summed E-state index contributed by atoms with van der Waals surface area (Å²) in [5, 5.41) is 0.416. The van der Waals surface area contributed by atoms with Crippen LogP contribution in [0.4, 0.5) is 32.3 Å². The summed E-state index contributed by atoms with van der Waals surface area (Å²) in [7, 11) is -4.89. The van der Waals surface area contributed by atoms with Crippen LogP contribution in [-0.4, -0.2) is 71.3 Å². The molecule has 0 unspecified atom stereocenters. The third kappa shape index (κ3) is 8.35. The molecule has 0 saturated heterocycles. The van der Waals surface area contributed by atoms with Crippen LogP contribution in [0, 0.1) is 0 Å². The number of hydrogen-bond acceptors (Lipinski definition) is 11. The molecule has 0 bridgehead atoms. The second kappa shape index (κ2) is 11.8. The van der Waals surface area contributed by atoms with Crippen molar-refractivity contribution in [2.75, 3.05) is 45.1 Å². The molecule has 4 rings (SSSR count). The predicted molar refractivity (Wildman–Crippen MR) is 124 cm³/mol. The van der Waals surface area contributed by atoms with Crippen LogP contribution in [0.1, 0.15) is 0 Å². The van der Waals surface area contributed by atoms with Crippen molar-refractivity contribution >= 4 is 36.5 Å². The molecule has 1 aliphatic rings. The third-order valence-electron chi connectivity index (χ3n) is 4.75. The van der Waals surface area contributed by atoms with E-state index in [-0.39, 0.29) is 24.7 Å². The average molecular weight is 603 g/mol. The number of fused-ring (bicyclic) bond motifs is 2. The van der Waals surface area contributed by atoms with Crippen LogP contribution in [0.15, 0.2) is 34.4 Å². The maximum absolute atomic E-state index is 12.4. The number of nitrogen functional groups attached to an aromatic ring is 1. The Bertz CT molecular complexity index is 1340. The van der Waals surface area contributed by atoms with Gasteiger partial charge in [-0.2, -0.15) is 31.3 Å². The van der Waals surface area contributed by atoms with E-state index in [9.17, 15) is 30.9 Å². The number of aromatic nitrogens is 4. The molecule has 214 valence electrons. The Labute approximate surface area is 220 Å². The SMILES string of the molecule is Nc1nc(Sc2ccc3c(c2)OCCO3)c2ncn(CCOCP(=O)(OCC(F)(F)F)OCC(F)(F)F)c2n1. The van der Waals surface area contributed by atoms with E-state index < -0.39 is 39.5 Å².